The Morgan fingerprint density at radius 3 is 2.67 bits per heavy atom. The van der Waals surface area contributed by atoms with Crippen LogP contribution in [0.3, 0.4) is 0 Å². The fourth-order valence-corrected chi connectivity index (χ4v) is 3.16. The van der Waals surface area contributed by atoms with Gasteiger partial charge in [0, 0.05) is 31.9 Å². The van der Waals surface area contributed by atoms with Gasteiger partial charge < -0.3 is 14.7 Å². The molecule has 2 heterocycles. The summed E-state index contributed by atoms with van der Waals surface area (Å²) in [6.45, 7) is 1.68. The summed E-state index contributed by atoms with van der Waals surface area (Å²) in [5.41, 5.74) is 1.49. The standard InChI is InChI=1S/C16H19NO4/c18-15(9-11-5-7-21-8-6-11)17-10-13(16(19)20)12-3-1-2-4-14(12)17/h1-4,11,13H,5-10H2,(H,19,20). The van der Waals surface area contributed by atoms with Crippen LogP contribution >= 0.6 is 0 Å². The molecule has 0 saturated carbocycles. The summed E-state index contributed by atoms with van der Waals surface area (Å²) in [6.07, 6.45) is 2.29. The minimum absolute atomic E-state index is 0.0260. The van der Waals surface area contributed by atoms with E-state index in [-0.39, 0.29) is 12.5 Å². The molecule has 5 nitrogen and oxygen atoms in total. The van der Waals surface area contributed by atoms with E-state index in [1.165, 1.54) is 0 Å². The van der Waals surface area contributed by atoms with Crippen LogP contribution < -0.4 is 4.90 Å². The average molecular weight is 289 g/mol. The summed E-state index contributed by atoms with van der Waals surface area (Å²) < 4.78 is 5.31. The highest BCUT2D eigenvalue weighted by Gasteiger charge is 2.36. The molecule has 0 radical (unpaired) electrons. The number of carbonyl (C=O) groups is 2. The molecule has 1 saturated heterocycles. The SMILES string of the molecule is O=C(O)C1CN(C(=O)CC2CCOCC2)c2ccccc21. The summed E-state index contributed by atoms with van der Waals surface area (Å²) in [5, 5.41) is 9.33. The Balaban J connectivity index is 1.76. The van der Waals surface area contributed by atoms with Crippen LogP contribution in [0.15, 0.2) is 24.3 Å². The third-order valence-corrected chi connectivity index (χ3v) is 4.37. The highest BCUT2D eigenvalue weighted by molar-refractivity contribution is 5.99. The molecular formula is C16H19NO4. The van der Waals surface area contributed by atoms with Crippen molar-refractivity contribution < 1.29 is 19.4 Å². The lowest BCUT2D eigenvalue weighted by Crippen LogP contribution is -2.33. The zero-order valence-electron chi connectivity index (χ0n) is 11.8. The van der Waals surface area contributed by atoms with Crippen molar-refractivity contribution in [2.45, 2.75) is 25.2 Å². The van der Waals surface area contributed by atoms with E-state index in [0.29, 0.717) is 25.6 Å². The molecule has 1 N–H and O–H groups in total. The highest BCUT2D eigenvalue weighted by Crippen LogP contribution is 2.37. The van der Waals surface area contributed by atoms with Crippen LogP contribution in [0.5, 0.6) is 0 Å². The number of amides is 1. The van der Waals surface area contributed by atoms with E-state index < -0.39 is 11.9 Å². The average Bonchev–Trinajstić information content (AvgIpc) is 2.88. The van der Waals surface area contributed by atoms with E-state index >= 15 is 0 Å². The summed E-state index contributed by atoms with van der Waals surface area (Å²) in [5.74, 6) is -1.11. The van der Waals surface area contributed by atoms with Crippen LogP contribution in [0.4, 0.5) is 5.69 Å². The van der Waals surface area contributed by atoms with Gasteiger partial charge in [0.25, 0.3) is 0 Å². The first-order valence-electron chi connectivity index (χ1n) is 7.36. The van der Waals surface area contributed by atoms with Crippen molar-refractivity contribution in [3.05, 3.63) is 29.8 Å². The quantitative estimate of drug-likeness (QED) is 0.924. The molecule has 1 fully saturated rings. The van der Waals surface area contributed by atoms with Gasteiger partial charge in [-0.25, -0.2) is 0 Å². The summed E-state index contributed by atoms with van der Waals surface area (Å²) in [7, 11) is 0. The lowest BCUT2D eigenvalue weighted by molar-refractivity contribution is -0.138. The number of para-hydroxylation sites is 1. The number of benzene rings is 1. The Kier molecular flexibility index (Phi) is 3.92. The molecule has 1 atom stereocenters. The van der Waals surface area contributed by atoms with Crippen molar-refractivity contribution in [3.8, 4) is 0 Å². The van der Waals surface area contributed by atoms with Crippen molar-refractivity contribution in [2.75, 3.05) is 24.7 Å². The highest BCUT2D eigenvalue weighted by atomic mass is 16.5. The largest absolute Gasteiger partial charge is 0.481 e. The minimum atomic E-state index is -0.871. The van der Waals surface area contributed by atoms with Crippen molar-refractivity contribution in [1.29, 1.82) is 0 Å². The van der Waals surface area contributed by atoms with E-state index in [1.54, 1.807) is 11.0 Å². The predicted molar refractivity (Wildman–Crippen MR) is 77.3 cm³/mol. The molecule has 1 amide bonds. The number of rotatable bonds is 3. The van der Waals surface area contributed by atoms with Crippen LogP contribution in [-0.2, 0) is 14.3 Å². The van der Waals surface area contributed by atoms with E-state index in [0.717, 1.165) is 24.1 Å². The van der Waals surface area contributed by atoms with E-state index in [4.69, 9.17) is 4.74 Å². The predicted octanol–water partition coefficient (Wildman–Crippen LogP) is 2.02. The molecule has 1 aromatic rings. The zero-order valence-corrected chi connectivity index (χ0v) is 11.8. The first-order valence-corrected chi connectivity index (χ1v) is 7.36. The molecule has 0 aromatic heterocycles. The maximum Gasteiger partial charge on any atom is 0.312 e. The number of hydrogen-bond donors (Lipinski definition) is 1. The van der Waals surface area contributed by atoms with Crippen LogP contribution in [0, 0.1) is 5.92 Å². The van der Waals surface area contributed by atoms with E-state index in [1.807, 2.05) is 18.2 Å². The number of anilines is 1. The Hall–Kier alpha value is -1.88. The van der Waals surface area contributed by atoms with Gasteiger partial charge in [0.05, 0.1) is 0 Å². The summed E-state index contributed by atoms with van der Waals surface area (Å²) >= 11 is 0. The smallest absolute Gasteiger partial charge is 0.312 e. The number of carboxylic acid groups (broad SMARTS) is 1. The lowest BCUT2D eigenvalue weighted by atomic mass is 9.96. The first kappa shape index (κ1) is 14.1. The van der Waals surface area contributed by atoms with E-state index in [9.17, 15) is 14.7 Å². The molecule has 1 unspecified atom stereocenters. The Morgan fingerprint density at radius 2 is 1.95 bits per heavy atom. The van der Waals surface area contributed by atoms with Crippen LogP contribution in [0.25, 0.3) is 0 Å². The molecule has 0 aliphatic carbocycles. The lowest BCUT2D eigenvalue weighted by Gasteiger charge is -2.24. The number of aliphatic carboxylic acids is 1. The van der Waals surface area contributed by atoms with Gasteiger partial charge >= 0.3 is 5.97 Å². The summed E-state index contributed by atoms with van der Waals surface area (Å²) in [4.78, 5) is 25.5. The topological polar surface area (TPSA) is 66.8 Å². The maximum atomic E-state index is 12.5. The molecule has 1 aromatic carbocycles. The summed E-state index contributed by atoms with van der Waals surface area (Å²) in [6, 6.07) is 7.30. The van der Waals surface area contributed by atoms with Gasteiger partial charge in [-0.3, -0.25) is 9.59 Å². The van der Waals surface area contributed by atoms with Gasteiger partial charge in [-0.2, -0.15) is 0 Å². The number of fused-ring (bicyclic) bond motifs is 1. The van der Waals surface area contributed by atoms with Gasteiger partial charge in [0.1, 0.15) is 5.92 Å². The van der Waals surface area contributed by atoms with Crippen LogP contribution in [-0.4, -0.2) is 36.7 Å². The van der Waals surface area contributed by atoms with Gasteiger partial charge in [0.2, 0.25) is 5.91 Å². The molecule has 0 spiro atoms. The van der Waals surface area contributed by atoms with Crippen molar-refractivity contribution in [3.63, 3.8) is 0 Å². The van der Waals surface area contributed by atoms with Gasteiger partial charge in [-0.05, 0) is 30.4 Å². The molecule has 5 heteroatoms. The number of hydrogen-bond acceptors (Lipinski definition) is 3. The normalized spacial score (nSPS) is 22.1. The van der Waals surface area contributed by atoms with Crippen LogP contribution in [0.1, 0.15) is 30.7 Å². The minimum Gasteiger partial charge on any atom is -0.481 e. The maximum absolute atomic E-state index is 12.5. The molecule has 0 bridgehead atoms. The second-order valence-electron chi connectivity index (χ2n) is 5.71. The van der Waals surface area contributed by atoms with Gasteiger partial charge in [0.15, 0.2) is 0 Å². The third kappa shape index (κ3) is 2.78. The number of carbonyl (C=O) groups excluding carboxylic acids is 1. The fourth-order valence-electron chi connectivity index (χ4n) is 3.16. The molecule has 2 aliphatic rings. The Labute approximate surface area is 123 Å². The number of nitrogens with zero attached hydrogens (tertiary/aromatic N) is 1. The number of ether oxygens (including phenoxy) is 1. The van der Waals surface area contributed by atoms with Crippen LogP contribution in [0.2, 0.25) is 0 Å². The molecule has 3 rings (SSSR count). The Bertz CT molecular complexity index is 551. The first-order chi connectivity index (χ1) is 10.2. The van der Waals surface area contributed by atoms with Crippen molar-refractivity contribution in [1.82, 2.24) is 0 Å². The second-order valence-corrected chi connectivity index (χ2v) is 5.71. The van der Waals surface area contributed by atoms with Crippen molar-refractivity contribution in [2.24, 2.45) is 5.92 Å². The molecule has 21 heavy (non-hydrogen) atoms. The van der Waals surface area contributed by atoms with Gasteiger partial charge in [-0.15, -0.1) is 0 Å². The monoisotopic (exact) mass is 289 g/mol. The van der Waals surface area contributed by atoms with Crippen molar-refractivity contribution >= 4 is 17.6 Å². The Morgan fingerprint density at radius 1 is 1.24 bits per heavy atom. The molecule has 112 valence electrons. The molecule has 2 aliphatic heterocycles. The zero-order chi connectivity index (χ0) is 14.8. The molecular weight excluding hydrogens is 270 g/mol. The van der Waals surface area contributed by atoms with Gasteiger partial charge in [-0.1, -0.05) is 18.2 Å². The van der Waals surface area contributed by atoms with E-state index in [2.05, 4.69) is 0 Å². The third-order valence-electron chi connectivity index (χ3n) is 4.37. The second kappa shape index (κ2) is 5.85. The fraction of sp³-hybridized carbons (Fsp3) is 0.500. The number of carboxylic acids is 1.